The number of nitro groups is 1. The fraction of sp³-hybridized carbons (Fsp3) is 0.500. The number of carbonyl (C=O) groups excluding carboxylic acids is 1. The Kier molecular flexibility index (Phi) is 6.66. The van der Waals surface area contributed by atoms with Crippen LogP contribution in [-0.4, -0.2) is 30.6 Å². The second kappa shape index (κ2) is 8.27. The topological polar surface area (TPSA) is 81.5 Å². The third kappa shape index (κ3) is 5.79. The van der Waals surface area contributed by atoms with E-state index in [0.29, 0.717) is 37.7 Å². The van der Waals surface area contributed by atoms with Gasteiger partial charge in [0.15, 0.2) is 0 Å². The smallest absolute Gasteiger partial charge is 0.270 e. The molecule has 0 spiro atoms. The third-order valence-electron chi connectivity index (χ3n) is 2.52. The van der Waals surface area contributed by atoms with Gasteiger partial charge in [-0.3, -0.25) is 14.9 Å². The molecule has 1 N–H and O–H groups in total. The molecule has 1 rings (SSSR count). The number of nitrogens with zero attached hydrogens (tertiary/aromatic N) is 1. The second-order valence-electron chi connectivity index (χ2n) is 4.89. The van der Waals surface area contributed by atoms with Crippen molar-refractivity contribution in [1.82, 2.24) is 5.32 Å². The standard InChI is InChI=1S/C14H20N2O4/c1-11(2)10-20-8-4-7-15-14(17)12-5-3-6-13(9-12)16(18)19/h3,5-6,9,11H,4,7-8,10H2,1-2H3,(H,15,17). The Morgan fingerprint density at radius 3 is 2.85 bits per heavy atom. The van der Waals surface area contributed by atoms with E-state index < -0.39 is 4.92 Å². The number of ether oxygens (including phenoxy) is 1. The van der Waals surface area contributed by atoms with Crippen LogP contribution in [-0.2, 0) is 4.74 Å². The first kappa shape index (κ1) is 16.1. The number of nitro benzene ring substituents is 1. The van der Waals surface area contributed by atoms with Gasteiger partial charge < -0.3 is 10.1 Å². The summed E-state index contributed by atoms with van der Waals surface area (Å²) in [5, 5.41) is 13.3. The summed E-state index contributed by atoms with van der Waals surface area (Å²) < 4.78 is 5.39. The highest BCUT2D eigenvalue weighted by molar-refractivity contribution is 5.94. The van der Waals surface area contributed by atoms with E-state index >= 15 is 0 Å². The van der Waals surface area contributed by atoms with E-state index in [-0.39, 0.29) is 11.6 Å². The molecule has 0 aliphatic rings. The van der Waals surface area contributed by atoms with E-state index in [0.717, 1.165) is 0 Å². The van der Waals surface area contributed by atoms with Crippen molar-refractivity contribution in [1.29, 1.82) is 0 Å². The molecule has 0 aliphatic carbocycles. The Hall–Kier alpha value is -1.95. The van der Waals surface area contributed by atoms with Crippen LogP contribution in [0.15, 0.2) is 24.3 Å². The molecule has 0 atom stereocenters. The second-order valence-corrected chi connectivity index (χ2v) is 4.89. The maximum Gasteiger partial charge on any atom is 0.270 e. The van der Waals surface area contributed by atoms with E-state index in [4.69, 9.17) is 4.74 Å². The van der Waals surface area contributed by atoms with Crippen molar-refractivity contribution in [3.05, 3.63) is 39.9 Å². The molecule has 1 amide bonds. The molecule has 20 heavy (non-hydrogen) atoms. The lowest BCUT2D eigenvalue weighted by Crippen LogP contribution is -2.25. The van der Waals surface area contributed by atoms with E-state index in [9.17, 15) is 14.9 Å². The Morgan fingerprint density at radius 1 is 1.45 bits per heavy atom. The molecule has 0 bridgehead atoms. The van der Waals surface area contributed by atoms with Crippen molar-refractivity contribution in [2.75, 3.05) is 19.8 Å². The van der Waals surface area contributed by atoms with E-state index in [2.05, 4.69) is 19.2 Å². The van der Waals surface area contributed by atoms with Gasteiger partial charge in [0, 0.05) is 37.5 Å². The van der Waals surface area contributed by atoms with Crippen LogP contribution in [0.3, 0.4) is 0 Å². The normalized spacial score (nSPS) is 10.6. The molecule has 110 valence electrons. The molecule has 6 heteroatoms. The van der Waals surface area contributed by atoms with Crippen molar-refractivity contribution in [3.8, 4) is 0 Å². The summed E-state index contributed by atoms with van der Waals surface area (Å²) in [4.78, 5) is 21.9. The van der Waals surface area contributed by atoms with Crippen LogP contribution in [0, 0.1) is 16.0 Å². The number of amides is 1. The fourth-order valence-corrected chi connectivity index (χ4v) is 1.56. The van der Waals surface area contributed by atoms with Crippen molar-refractivity contribution in [3.63, 3.8) is 0 Å². The number of benzene rings is 1. The van der Waals surface area contributed by atoms with Crippen molar-refractivity contribution >= 4 is 11.6 Å². The number of hydrogen-bond donors (Lipinski definition) is 1. The summed E-state index contributed by atoms with van der Waals surface area (Å²) >= 11 is 0. The highest BCUT2D eigenvalue weighted by Gasteiger charge is 2.10. The Bertz CT molecular complexity index is 460. The molecule has 0 radical (unpaired) electrons. The first-order chi connectivity index (χ1) is 9.50. The Labute approximate surface area is 118 Å². The molecule has 6 nitrogen and oxygen atoms in total. The van der Waals surface area contributed by atoms with Crippen LogP contribution >= 0.6 is 0 Å². The number of carbonyl (C=O) groups is 1. The summed E-state index contributed by atoms with van der Waals surface area (Å²) in [5.41, 5.74) is 0.209. The maximum atomic E-state index is 11.8. The zero-order valence-corrected chi connectivity index (χ0v) is 11.8. The first-order valence-corrected chi connectivity index (χ1v) is 6.61. The summed E-state index contributed by atoms with van der Waals surface area (Å²) in [6.45, 7) is 5.93. The van der Waals surface area contributed by atoms with Gasteiger partial charge in [-0.15, -0.1) is 0 Å². The molecule has 0 fully saturated rings. The molecule has 1 aromatic rings. The van der Waals surface area contributed by atoms with Crippen LogP contribution in [0.5, 0.6) is 0 Å². The van der Waals surface area contributed by atoms with Crippen molar-refractivity contribution in [2.45, 2.75) is 20.3 Å². The SMILES string of the molecule is CC(C)COCCCNC(=O)c1cccc([N+](=O)[O-])c1. The van der Waals surface area contributed by atoms with Crippen LogP contribution in [0.2, 0.25) is 0 Å². The molecule has 0 saturated heterocycles. The molecule has 0 heterocycles. The van der Waals surface area contributed by atoms with E-state index in [1.54, 1.807) is 6.07 Å². The Balaban J connectivity index is 2.32. The molecular weight excluding hydrogens is 260 g/mol. The van der Waals surface area contributed by atoms with Gasteiger partial charge in [-0.1, -0.05) is 19.9 Å². The van der Waals surface area contributed by atoms with Gasteiger partial charge in [-0.25, -0.2) is 0 Å². The molecular formula is C14H20N2O4. The van der Waals surface area contributed by atoms with Crippen molar-refractivity contribution in [2.24, 2.45) is 5.92 Å². The van der Waals surface area contributed by atoms with Gasteiger partial charge in [0.25, 0.3) is 11.6 Å². The molecule has 1 aromatic carbocycles. The quantitative estimate of drug-likeness (QED) is 0.450. The zero-order chi connectivity index (χ0) is 15.0. The van der Waals surface area contributed by atoms with Gasteiger partial charge in [-0.2, -0.15) is 0 Å². The Morgan fingerprint density at radius 2 is 2.20 bits per heavy atom. The minimum atomic E-state index is -0.517. The van der Waals surface area contributed by atoms with E-state index in [1.165, 1.54) is 18.2 Å². The summed E-state index contributed by atoms with van der Waals surface area (Å²) in [6, 6.07) is 5.68. The minimum Gasteiger partial charge on any atom is -0.381 e. The van der Waals surface area contributed by atoms with Crippen LogP contribution in [0.1, 0.15) is 30.6 Å². The molecule has 0 saturated carbocycles. The lowest BCUT2D eigenvalue weighted by atomic mass is 10.2. The fourth-order valence-electron chi connectivity index (χ4n) is 1.56. The predicted octanol–water partition coefficient (Wildman–Crippen LogP) is 2.39. The van der Waals surface area contributed by atoms with E-state index in [1.807, 2.05) is 0 Å². The monoisotopic (exact) mass is 280 g/mol. The summed E-state index contributed by atoms with van der Waals surface area (Å²) in [5.74, 6) is 0.187. The van der Waals surface area contributed by atoms with Gasteiger partial charge in [0.05, 0.1) is 4.92 Å². The van der Waals surface area contributed by atoms with Crippen LogP contribution in [0.25, 0.3) is 0 Å². The number of hydrogen-bond acceptors (Lipinski definition) is 4. The molecule has 0 aliphatic heterocycles. The van der Waals surface area contributed by atoms with Gasteiger partial charge >= 0.3 is 0 Å². The van der Waals surface area contributed by atoms with Crippen LogP contribution < -0.4 is 5.32 Å². The van der Waals surface area contributed by atoms with Gasteiger partial charge in [0.2, 0.25) is 0 Å². The summed E-state index contributed by atoms with van der Waals surface area (Å²) in [6.07, 6.45) is 0.716. The molecule has 0 unspecified atom stereocenters. The third-order valence-corrected chi connectivity index (χ3v) is 2.52. The zero-order valence-electron chi connectivity index (χ0n) is 11.8. The largest absolute Gasteiger partial charge is 0.381 e. The average molecular weight is 280 g/mol. The first-order valence-electron chi connectivity index (χ1n) is 6.61. The maximum absolute atomic E-state index is 11.8. The number of rotatable bonds is 8. The van der Waals surface area contributed by atoms with Gasteiger partial charge in [0.1, 0.15) is 0 Å². The highest BCUT2D eigenvalue weighted by Crippen LogP contribution is 2.12. The lowest BCUT2D eigenvalue weighted by molar-refractivity contribution is -0.384. The highest BCUT2D eigenvalue weighted by atomic mass is 16.6. The summed E-state index contributed by atoms with van der Waals surface area (Å²) in [7, 11) is 0. The number of non-ortho nitro benzene ring substituents is 1. The average Bonchev–Trinajstić information content (AvgIpc) is 2.42. The van der Waals surface area contributed by atoms with Gasteiger partial charge in [-0.05, 0) is 18.4 Å². The van der Waals surface area contributed by atoms with Crippen LogP contribution in [0.4, 0.5) is 5.69 Å². The lowest BCUT2D eigenvalue weighted by Gasteiger charge is -2.07. The van der Waals surface area contributed by atoms with Crippen molar-refractivity contribution < 1.29 is 14.5 Å². The number of nitrogens with one attached hydrogen (secondary N) is 1. The predicted molar refractivity (Wildman–Crippen MR) is 75.7 cm³/mol. The molecule has 0 aromatic heterocycles. The minimum absolute atomic E-state index is 0.0853.